The molecule has 1 fully saturated rings. The molecule has 1 aromatic carbocycles. The van der Waals surface area contributed by atoms with Gasteiger partial charge >= 0.3 is 0 Å². The summed E-state index contributed by atoms with van der Waals surface area (Å²) >= 11 is 0. The van der Waals surface area contributed by atoms with E-state index in [0.717, 1.165) is 43.9 Å². The Morgan fingerprint density at radius 2 is 1.97 bits per heavy atom. The molecule has 0 saturated carbocycles. The van der Waals surface area contributed by atoms with Crippen LogP contribution >= 0.6 is 0 Å². The van der Waals surface area contributed by atoms with E-state index in [-0.39, 0.29) is 17.8 Å². The molecule has 31 heavy (non-hydrogen) atoms. The van der Waals surface area contributed by atoms with E-state index in [4.69, 9.17) is 0 Å². The highest BCUT2D eigenvalue weighted by Crippen LogP contribution is 2.23. The van der Waals surface area contributed by atoms with Gasteiger partial charge in [0.2, 0.25) is 5.91 Å². The zero-order valence-electron chi connectivity index (χ0n) is 18.1. The Labute approximate surface area is 181 Å². The van der Waals surface area contributed by atoms with Crippen LogP contribution in [-0.4, -0.2) is 49.5 Å². The predicted octanol–water partition coefficient (Wildman–Crippen LogP) is 2.90. The van der Waals surface area contributed by atoms with Crippen LogP contribution in [0.3, 0.4) is 0 Å². The SMILES string of the molecule is Cc1ccn(CCC(=O)NC2CCN(Cc3cc(-c4ccccc4F)nn3C)CC2)n1. The minimum Gasteiger partial charge on any atom is -0.353 e. The van der Waals surface area contributed by atoms with Crippen LogP contribution in [0, 0.1) is 12.7 Å². The van der Waals surface area contributed by atoms with E-state index in [0.29, 0.717) is 24.2 Å². The Bertz CT molecular complexity index is 1030. The molecule has 0 unspecified atom stereocenters. The molecule has 1 aliphatic heterocycles. The summed E-state index contributed by atoms with van der Waals surface area (Å²) in [6.45, 7) is 5.12. The molecule has 164 valence electrons. The van der Waals surface area contributed by atoms with Gasteiger partial charge in [-0.25, -0.2) is 4.39 Å². The van der Waals surface area contributed by atoms with Crippen molar-refractivity contribution in [2.24, 2.45) is 7.05 Å². The fourth-order valence-electron chi connectivity index (χ4n) is 4.02. The highest BCUT2D eigenvalue weighted by molar-refractivity contribution is 5.76. The third kappa shape index (κ3) is 5.38. The molecule has 4 rings (SSSR count). The molecule has 0 spiro atoms. The highest BCUT2D eigenvalue weighted by atomic mass is 19.1. The molecule has 7 nitrogen and oxygen atoms in total. The summed E-state index contributed by atoms with van der Waals surface area (Å²) < 4.78 is 17.7. The van der Waals surface area contributed by atoms with Crippen LogP contribution in [-0.2, 0) is 24.9 Å². The first-order valence-electron chi connectivity index (χ1n) is 10.8. The van der Waals surface area contributed by atoms with Gasteiger partial charge < -0.3 is 5.32 Å². The number of piperidine rings is 1. The summed E-state index contributed by atoms with van der Waals surface area (Å²) in [5, 5.41) is 12.0. The lowest BCUT2D eigenvalue weighted by atomic mass is 10.0. The molecule has 8 heteroatoms. The molecule has 0 bridgehead atoms. The van der Waals surface area contributed by atoms with Gasteiger partial charge in [-0.2, -0.15) is 10.2 Å². The Hall–Kier alpha value is -3.00. The van der Waals surface area contributed by atoms with Crippen molar-refractivity contribution < 1.29 is 9.18 Å². The van der Waals surface area contributed by atoms with Gasteiger partial charge in [0.1, 0.15) is 5.82 Å². The summed E-state index contributed by atoms with van der Waals surface area (Å²) in [7, 11) is 1.90. The van der Waals surface area contributed by atoms with Gasteiger partial charge in [-0.05, 0) is 44.0 Å². The van der Waals surface area contributed by atoms with E-state index >= 15 is 0 Å². The Morgan fingerprint density at radius 1 is 1.19 bits per heavy atom. The van der Waals surface area contributed by atoms with Crippen molar-refractivity contribution in [3.8, 4) is 11.3 Å². The van der Waals surface area contributed by atoms with E-state index < -0.39 is 0 Å². The van der Waals surface area contributed by atoms with Crippen LogP contribution in [0.5, 0.6) is 0 Å². The molecular formula is C23H29FN6O. The van der Waals surface area contributed by atoms with E-state index in [2.05, 4.69) is 20.4 Å². The van der Waals surface area contributed by atoms with Gasteiger partial charge in [0.25, 0.3) is 0 Å². The molecule has 1 N–H and O–H groups in total. The monoisotopic (exact) mass is 424 g/mol. The van der Waals surface area contributed by atoms with E-state index in [1.165, 1.54) is 6.07 Å². The molecule has 0 atom stereocenters. The number of halogens is 1. The zero-order chi connectivity index (χ0) is 21.8. The van der Waals surface area contributed by atoms with Crippen molar-refractivity contribution in [1.29, 1.82) is 0 Å². The van der Waals surface area contributed by atoms with Gasteiger partial charge in [0.15, 0.2) is 0 Å². The zero-order valence-corrected chi connectivity index (χ0v) is 18.1. The van der Waals surface area contributed by atoms with Crippen molar-refractivity contribution in [3.05, 3.63) is 59.8 Å². The Morgan fingerprint density at radius 3 is 2.68 bits per heavy atom. The second-order valence-corrected chi connectivity index (χ2v) is 8.21. The average Bonchev–Trinajstić information content (AvgIpc) is 3.33. The largest absolute Gasteiger partial charge is 0.353 e. The summed E-state index contributed by atoms with van der Waals surface area (Å²) in [4.78, 5) is 14.6. The number of aromatic nitrogens is 4. The van der Waals surface area contributed by atoms with Crippen LogP contribution in [0.4, 0.5) is 4.39 Å². The lowest BCUT2D eigenvalue weighted by molar-refractivity contribution is -0.122. The first-order valence-corrected chi connectivity index (χ1v) is 10.8. The summed E-state index contributed by atoms with van der Waals surface area (Å²) in [5.74, 6) is -0.181. The highest BCUT2D eigenvalue weighted by Gasteiger charge is 2.22. The van der Waals surface area contributed by atoms with Crippen molar-refractivity contribution in [1.82, 2.24) is 29.8 Å². The molecule has 2 aromatic heterocycles. The number of carbonyl (C=O) groups excluding carboxylic acids is 1. The molecule has 1 saturated heterocycles. The van der Waals surface area contributed by atoms with E-state index in [1.54, 1.807) is 16.8 Å². The summed E-state index contributed by atoms with van der Waals surface area (Å²) in [6, 6.07) is 10.8. The average molecular weight is 425 g/mol. The quantitative estimate of drug-likeness (QED) is 0.633. The molecule has 0 radical (unpaired) electrons. The maximum absolute atomic E-state index is 14.1. The van der Waals surface area contributed by atoms with Gasteiger partial charge in [0.05, 0.1) is 17.1 Å². The lowest BCUT2D eigenvalue weighted by Gasteiger charge is -2.32. The number of carbonyl (C=O) groups is 1. The normalized spacial score (nSPS) is 15.3. The lowest BCUT2D eigenvalue weighted by Crippen LogP contribution is -2.44. The Kier molecular flexibility index (Phi) is 6.46. The second-order valence-electron chi connectivity index (χ2n) is 8.21. The number of rotatable bonds is 7. The molecule has 1 aliphatic rings. The van der Waals surface area contributed by atoms with Crippen LogP contribution in [0.2, 0.25) is 0 Å². The fourth-order valence-corrected chi connectivity index (χ4v) is 4.02. The van der Waals surface area contributed by atoms with Crippen molar-refractivity contribution in [2.75, 3.05) is 13.1 Å². The number of hydrogen-bond donors (Lipinski definition) is 1. The van der Waals surface area contributed by atoms with Gasteiger partial charge in [-0.1, -0.05) is 12.1 Å². The van der Waals surface area contributed by atoms with Gasteiger partial charge in [-0.3, -0.25) is 19.1 Å². The van der Waals surface area contributed by atoms with Crippen LogP contribution < -0.4 is 5.32 Å². The Balaban J connectivity index is 1.25. The molecule has 0 aliphatic carbocycles. The number of aryl methyl sites for hydroxylation is 3. The first-order chi connectivity index (χ1) is 15.0. The minimum absolute atomic E-state index is 0.0766. The maximum atomic E-state index is 14.1. The third-order valence-corrected chi connectivity index (χ3v) is 5.81. The minimum atomic E-state index is -0.258. The second kappa shape index (κ2) is 9.43. The summed E-state index contributed by atoms with van der Waals surface area (Å²) in [6.07, 6.45) is 4.18. The topological polar surface area (TPSA) is 68.0 Å². The molecule has 1 amide bonds. The summed E-state index contributed by atoms with van der Waals surface area (Å²) in [5.41, 5.74) is 3.19. The maximum Gasteiger partial charge on any atom is 0.222 e. The first kappa shape index (κ1) is 21.2. The third-order valence-electron chi connectivity index (χ3n) is 5.81. The van der Waals surface area contributed by atoms with Crippen LogP contribution in [0.15, 0.2) is 42.6 Å². The smallest absolute Gasteiger partial charge is 0.222 e. The standard InChI is InChI=1S/C23H29FN6O/c1-17-7-13-30(26-17)14-10-23(31)25-18-8-11-29(12-9-18)16-19-15-22(27-28(19)2)20-5-3-4-6-21(20)24/h3-7,13,15,18H,8-12,14,16H2,1-2H3,(H,25,31). The van der Waals surface area contributed by atoms with Crippen LogP contribution in [0.1, 0.15) is 30.7 Å². The number of hydrogen-bond acceptors (Lipinski definition) is 4. The van der Waals surface area contributed by atoms with E-state index in [9.17, 15) is 9.18 Å². The van der Waals surface area contributed by atoms with E-state index in [1.807, 2.05) is 43.0 Å². The van der Waals surface area contributed by atoms with Crippen molar-refractivity contribution >= 4 is 5.91 Å². The molecule has 3 heterocycles. The van der Waals surface area contributed by atoms with Crippen LogP contribution in [0.25, 0.3) is 11.3 Å². The fraction of sp³-hybridized carbons (Fsp3) is 0.435. The number of nitrogens with one attached hydrogen (secondary N) is 1. The predicted molar refractivity (Wildman–Crippen MR) is 117 cm³/mol. The van der Waals surface area contributed by atoms with Gasteiger partial charge in [-0.15, -0.1) is 0 Å². The molecular weight excluding hydrogens is 395 g/mol. The number of likely N-dealkylation sites (tertiary alicyclic amines) is 1. The van der Waals surface area contributed by atoms with Gasteiger partial charge in [0, 0.05) is 57.4 Å². The van der Waals surface area contributed by atoms with Crippen molar-refractivity contribution in [2.45, 2.75) is 45.3 Å². The molecule has 3 aromatic rings. The number of nitrogens with zero attached hydrogens (tertiary/aromatic N) is 5. The number of amides is 1. The number of benzene rings is 1. The van der Waals surface area contributed by atoms with Crippen molar-refractivity contribution in [3.63, 3.8) is 0 Å².